The van der Waals surface area contributed by atoms with Crippen molar-refractivity contribution in [3.8, 4) is 0 Å². The summed E-state index contributed by atoms with van der Waals surface area (Å²) in [6, 6.07) is 1.86. The Morgan fingerprint density at radius 1 is 1.56 bits per heavy atom. The van der Waals surface area contributed by atoms with E-state index in [1.165, 1.54) is 19.1 Å². The summed E-state index contributed by atoms with van der Waals surface area (Å²) in [5, 5.41) is 3.73. The van der Waals surface area contributed by atoms with E-state index in [-0.39, 0.29) is 11.9 Å². The minimum atomic E-state index is -0.0448. The third-order valence-electron chi connectivity index (χ3n) is 3.83. The summed E-state index contributed by atoms with van der Waals surface area (Å²) in [7, 11) is 0. The highest BCUT2D eigenvalue weighted by molar-refractivity contribution is 5.92. The van der Waals surface area contributed by atoms with Crippen molar-refractivity contribution in [1.82, 2.24) is 10.1 Å². The van der Waals surface area contributed by atoms with Gasteiger partial charge >= 0.3 is 0 Å². The molecule has 0 bridgehead atoms. The molecule has 0 aromatic carbocycles. The zero-order valence-electron chi connectivity index (χ0n) is 10.8. The molecule has 1 aromatic rings. The zero-order valence-corrected chi connectivity index (χ0v) is 10.8. The largest absolute Gasteiger partial charge is 0.364 e. The molecule has 5 nitrogen and oxygen atoms in total. The molecule has 1 heterocycles. The van der Waals surface area contributed by atoms with Crippen LogP contribution in [0.1, 0.15) is 43.1 Å². The van der Waals surface area contributed by atoms with Gasteiger partial charge in [-0.05, 0) is 32.2 Å². The monoisotopic (exact) mass is 251 g/mol. The molecule has 1 aliphatic carbocycles. The molecule has 0 radical (unpaired) electrons. The first-order chi connectivity index (χ1) is 8.77. The molecule has 100 valence electrons. The van der Waals surface area contributed by atoms with Crippen LogP contribution in [0.4, 0.5) is 0 Å². The summed E-state index contributed by atoms with van der Waals surface area (Å²) in [5.41, 5.74) is 6.22. The molecule has 18 heavy (non-hydrogen) atoms. The van der Waals surface area contributed by atoms with Gasteiger partial charge in [0, 0.05) is 18.7 Å². The fourth-order valence-corrected chi connectivity index (χ4v) is 2.87. The van der Waals surface area contributed by atoms with Crippen LogP contribution in [-0.4, -0.2) is 35.1 Å². The number of amides is 1. The van der Waals surface area contributed by atoms with Crippen molar-refractivity contribution in [2.24, 2.45) is 11.7 Å². The molecule has 2 rings (SSSR count). The van der Waals surface area contributed by atoms with E-state index < -0.39 is 0 Å². The number of hydrogen-bond acceptors (Lipinski definition) is 4. The Bertz CT molecular complexity index is 378. The van der Waals surface area contributed by atoms with E-state index in [0.29, 0.717) is 24.7 Å². The Hall–Kier alpha value is -1.36. The average Bonchev–Trinajstić information content (AvgIpc) is 2.94. The summed E-state index contributed by atoms with van der Waals surface area (Å²) in [4.78, 5) is 14.3. The highest BCUT2D eigenvalue weighted by Gasteiger charge is 2.32. The van der Waals surface area contributed by atoms with Gasteiger partial charge in [0.05, 0.1) is 0 Å². The number of carbonyl (C=O) groups excluding carboxylic acids is 1. The van der Waals surface area contributed by atoms with Crippen LogP contribution in [0.5, 0.6) is 0 Å². The Morgan fingerprint density at radius 3 is 2.94 bits per heavy atom. The van der Waals surface area contributed by atoms with E-state index in [2.05, 4.69) is 5.16 Å². The summed E-state index contributed by atoms with van der Waals surface area (Å²) in [6.45, 7) is 3.33. The van der Waals surface area contributed by atoms with Crippen LogP contribution in [0.2, 0.25) is 0 Å². The fraction of sp³-hybridized carbons (Fsp3) is 0.692. The molecule has 1 fully saturated rings. The normalized spacial score (nSPS) is 23.9. The molecule has 1 amide bonds. The lowest BCUT2D eigenvalue weighted by Crippen LogP contribution is -2.48. The molecule has 2 unspecified atom stereocenters. The van der Waals surface area contributed by atoms with E-state index in [1.807, 2.05) is 11.8 Å². The second-order valence-electron chi connectivity index (χ2n) is 4.82. The van der Waals surface area contributed by atoms with Crippen LogP contribution in [-0.2, 0) is 0 Å². The van der Waals surface area contributed by atoms with E-state index in [9.17, 15) is 4.79 Å². The maximum absolute atomic E-state index is 12.4. The lowest BCUT2D eigenvalue weighted by atomic mass is 9.83. The summed E-state index contributed by atoms with van der Waals surface area (Å²) in [6.07, 6.45) is 5.98. The molecule has 5 heteroatoms. The van der Waals surface area contributed by atoms with Gasteiger partial charge in [-0.15, -0.1) is 0 Å². The second-order valence-corrected chi connectivity index (χ2v) is 4.82. The van der Waals surface area contributed by atoms with E-state index >= 15 is 0 Å². The molecular formula is C13H21N3O2. The second kappa shape index (κ2) is 6.00. The number of rotatable bonds is 4. The quantitative estimate of drug-likeness (QED) is 0.883. The fourth-order valence-electron chi connectivity index (χ4n) is 2.87. The molecule has 1 saturated carbocycles. The number of carbonyl (C=O) groups is 1. The van der Waals surface area contributed by atoms with Crippen LogP contribution in [0, 0.1) is 5.92 Å². The molecule has 1 aliphatic rings. The van der Waals surface area contributed by atoms with E-state index in [1.54, 1.807) is 6.07 Å². The number of aromatic nitrogens is 1. The van der Waals surface area contributed by atoms with Gasteiger partial charge in [-0.1, -0.05) is 18.0 Å². The van der Waals surface area contributed by atoms with Gasteiger partial charge in [-0.2, -0.15) is 0 Å². The van der Waals surface area contributed by atoms with Crippen molar-refractivity contribution < 1.29 is 9.32 Å². The van der Waals surface area contributed by atoms with Crippen LogP contribution in [0.3, 0.4) is 0 Å². The summed E-state index contributed by atoms with van der Waals surface area (Å²) < 4.78 is 4.75. The van der Waals surface area contributed by atoms with Crippen molar-refractivity contribution in [3.05, 3.63) is 18.0 Å². The van der Waals surface area contributed by atoms with Gasteiger partial charge in [0.15, 0.2) is 5.69 Å². The van der Waals surface area contributed by atoms with Crippen LogP contribution < -0.4 is 5.73 Å². The molecule has 0 spiro atoms. The molecule has 1 aromatic heterocycles. The SMILES string of the molecule is CCN(C(=O)c1ccon1)C1CCCCC1CN. The minimum absolute atomic E-state index is 0.0448. The average molecular weight is 251 g/mol. The predicted molar refractivity (Wildman–Crippen MR) is 68.0 cm³/mol. The minimum Gasteiger partial charge on any atom is -0.364 e. The lowest BCUT2D eigenvalue weighted by Gasteiger charge is -2.38. The van der Waals surface area contributed by atoms with Gasteiger partial charge in [-0.3, -0.25) is 4.79 Å². The number of hydrogen-bond donors (Lipinski definition) is 1. The van der Waals surface area contributed by atoms with Gasteiger partial charge in [0.2, 0.25) is 0 Å². The topological polar surface area (TPSA) is 72.4 Å². The molecule has 2 N–H and O–H groups in total. The van der Waals surface area contributed by atoms with Crippen LogP contribution in [0.15, 0.2) is 16.9 Å². The third-order valence-corrected chi connectivity index (χ3v) is 3.83. The van der Waals surface area contributed by atoms with Crippen molar-refractivity contribution in [1.29, 1.82) is 0 Å². The number of nitrogens with zero attached hydrogens (tertiary/aromatic N) is 2. The molecular weight excluding hydrogens is 230 g/mol. The first-order valence-electron chi connectivity index (χ1n) is 6.69. The van der Waals surface area contributed by atoms with Crippen molar-refractivity contribution >= 4 is 5.91 Å². The molecule has 2 atom stereocenters. The Kier molecular flexibility index (Phi) is 4.36. The lowest BCUT2D eigenvalue weighted by molar-refractivity contribution is 0.0550. The van der Waals surface area contributed by atoms with Crippen LogP contribution in [0.25, 0.3) is 0 Å². The van der Waals surface area contributed by atoms with E-state index in [4.69, 9.17) is 10.3 Å². The molecule has 0 saturated heterocycles. The third kappa shape index (κ3) is 2.56. The highest BCUT2D eigenvalue weighted by Crippen LogP contribution is 2.28. The van der Waals surface area contributed by atoms with Gasteiger partial charge in [-0.25, -0.2) is 0 Å². The van der Waals surface area contributed by atoms with Gasteiger partial charge < -0.3 is 15.2 Å². The van der Waals surface area contributed by atoms with Gasteiger partial charge in [0.1, 0.15) is 6.26 Å². The Morgan fingerprint density at radius 2 is 2.33 bits per heavy atom. The Labute approximate surface area is 107 Å². The number of nitrogens with two attached hydrogens (primary N) is 1. The van der Waals surface area contributed by atoms with Crippen molar-refractivity contribution in [2.75, 3.05) is 13.1 Å². The highest BCUT2D eigenvalue weighted by atomic mass is 16.5. The van der Waals surface area contributed by atoms with Crippen molar-refractivity contribution in [2.45, 2.75) is 38.6 Å². The summed E-state index contributed by atoms with van der Waals surface area (Å²) in [5.74, 6) is 0.367. The van der Waals surface area contributed by atoms with Crippen LogP contribution >= 0.6 is 0 Å². The maximum atomic E-state index is 12.4. The summed E-state index contributed by atoms with van der Waals surface area (Å²) >= 11 is 0. The smallest absolute Gasteiger partial charge is 0.276 e. The molecule has 0 aliphatic heterocycles. The Balaban J connectivity index is 2.14. The first-order valence-corrected chi connectivity index (χ1v) is 6.69. The predicted octanol–water partition coefficient (Wildman–Crippen LogP) is 1.65. The van der Waals surface area contributed by atoms with E-state index in [0.717, 1.165) is 12.8 Å². The maximum Gasteiger partial charge on any atom is 0.276 e. The first kappa shape index (κ1) is 13.1. The standard InChI is InChI=1S/C13H21N3O2/c1-2-16(13(17)11-7-8-18-15-11)12-6-4-3-5-10(12)9-14/h7-8,10,12H,2-6,9,14H2,1H3. The van der Waals surface area contributed by atoms with Crippen molar-refractivity contribution in [3.63, 3.8) is 0 Å². The van der Waals surface area contributed by atoms with Gasteiger partial charge in [0.25, 0.3) is 5.91 Å². The zero-order chi connectivity index (χ0) is 13.0.